The molecule has 174 valence electrons. The van der Waals surface area contributed by atoms with Crippen LogP contribution in [0.2, 0.25) is 0 Å². The minimum atomic E-state index is -0.558. The molecule has 1 unspecified atom stereocenters. The predicted octanol–water partition coefficient (Wildman–Crippen LogP) is 0.0942. The summed E-state index contributed by atoms with van der Waals surface area (Å²) >= 11 is 1.14. The first kappa shape index (κ1) is 23.7. The first-order valence-corrected chi connectivity index (χ1v) is 10.9. The Bertz CT molecular complexity index is 905. The van der Waals surface area contributed by atoms with Gasteiger partial charge in [-0.3, -0.25) is 9.59 Å². The van der Waals surface area contributed by atoms with Crippen molar-refractivity contribution in [1.82, 2.24) is 25.5 Å². The summed E-state index contributed by atoms with van der Waals surface area (Å²) in [5, 5.41) is 5.72. The van der Waals surface area contributed by atoms with Gasteiger partial charge in [0.2, 0.25) is 29.5 Å². The minimum absolute atomic E-state index is 0.234. The predicted molar refractivity (Wildman–Crippen MR) is 122 cm³/mol. The third kappa shape index (κ3) is 6.07. The zero-order valence-corrected chi connectivity index (χ0v) is 19.7. The van der Waals surface area contributed by atoms with Crippen molar-refractivity contribution >= 4 is 40.5 Å². The van der Waals surface area contributed by atoms with Crippen LogP contribution in [0.15, 0.2) is 14.9 Å². The van der Waals surface area contributed by atoms with Gasteiger partial charge < -0.3 is 29.9 Å². The van der Waals surface area contributed by atoms with Crippen molar-refractivity contribution in [3.05, 3.63) is 0 Å². The topological polar surface area (TPSA) is 134 Å². The molecule has 13 heteroatoms. The first-order chi connectivity index (χ1) is 15.3. The molecule has 2 amide bonds. The Hall–Kier alpha value is -2.93. The molecule has 12 nitrogen and oxygen atoms in total. The van der Waals surface area contributed by atoms with E-state index in [-0.39, 0.29) is 18.2 Å². The maximum Gasteiger partial charge on any atom is 0.236 e. The number of nitrogens with zero attached hydrogens (tertiary/aromatic N) is 6. The number of hydrogen-bond acceptors (Lipinski definition) is 11. The Labute approximate surface area is 190 Å². The third-order valence-electron chi connectivity index (χ3n) is 4.73. The molecule has 0 spiro atoms. The second-order valence-electron chi connectivity index (χ2n) is 7.34. The molecule has 1 saturated heterocycles. The molecule has 0 bridgehead atoms. The number of piperazine rings is 1. The van der Waals surface area contributed by atoms with E-state index in [0.29, 0.717) is 33.6 Å². The molecule has 3 heterocycles. The van der Waals surface area contributed by atoms with Gasteiger partial charge in [0.05, 0.1) is 14.2 Å². The molecule has 1 aromatic rings. The highest BCUT2D eigenvalue weighted by Gasteiger charge is 2.26. The van der Waals surface area contributed by atoms with Crippen molar-refractivity contribution in [3.8, 4) is 11.8 Å². The molecule has 0 saturated carbocycles. The maximum absolute atomic E-state index is 11.5. The lowest BCUT2D eigenvalue weighted by molar-refractivity contribution is -0.119. The molecule has 1 fully saturated rings. The quantitative estimate of drug-likeness (QED) is 0.622. The zero-order valence-electron chi connectivity index (χ0n) is 18.8. The molecule has 2 aliphatic rings. The number of thioether (sulfide) groups is 1. The van der Waals surface area contributed by atoms with Crippen LogP contribution in [-0.2, 0) is 9.59 Å². The fourth-order valence-corrected chi connectivity index (χ4v) is 4.16. The van der Waals surface area contributed by atoms with Gasteiger partial charge in [-0.2, -0.15) is 9.97 Å². The molecule has 1 atom stereocenters. The molecule has 1 aromatic heterocycles. The van der Waals surface area contributed by atoms with Crippen molar-refractivity contribution in [1.29, 1.82) is 0 Å². The average molecular weight is 465 g/mol. The van der Waals surface area contributed by atoms with E-state index in [1.165, 1.54) is 28.1 Å². The van der Waals surface area contributed by atoms with E-state index in [0.717, 1.165) is 37.9 Å². The van der Waals surface area contributed by atoms with Crippen molar-refractivity contribution in [2.24, 2.45) is 9.98 Å². The second kappa shape index (κ2) is 10.6. The summed E-state index contributed by atoms with van der Waals surface area (Å²) in [6.45, 7) is 6.21. The van der Waals surface area contributed by atoms with Crippen LogP contribution in [0.5, 0.6) is 11.8 Å². The average Bonchev–Trinajstić information content (AvgIpc) is 2.73. The van der Waals surface area contributed by atoms with Crippen molar-refractivity contribution in [2.75, 3.05) is 52.3 Å². The van der Waals surface area contributed by atoms with Crippen LogP contribution >= 0.6 is 11.8 Å². The lowest BCUT2D eigenvalue weighted by Gasteiger charge is -2.32. The second-order valence-corrected chi connectivity index (χ2v) is 8.31. The van der Waals surface area contributed by atoms with Gasteiger partial charge in [0, 0.05) is 46.4 Å². The van der Waals surface area contributed by atoms with E-state index in [1.807, 2.05) is 0 Å². The number of rotatable bonds is 5. The van der Waals surface area contributed by atoms with E-state index in [2.05, 4.69) is 47.4 Å². The zero-order chi connectivity index (χ0) is 23.3. The molecule has 3 rings (SSSR count). The third-order valence-corrected chi connectivity index (χ3v) is 5.66. The van der Waals surface area contributed by atoms with E-state index in [4.69, 9.17) is 9.47 Å². The first-order valence-electron chi connectivity index (χ1n) is 10.1. The van der Waals surface area contributed by atoms with Gasteiger partial charge in [-0.15, -0.1) is 0 Å². The molecule has 32 heavy (non-hydrogen) atoms. The largest absolute Gasteiger partial charge is 0.480 e. The number of methoxy groups -OCH3 is 2. The van der Waals surface area contributed by atoms with Gasteiger partial charge in [-0.25, -0.2) is 9.98 Å². The van der Waals surface area contributed by atoms with Gasteiger partial charge in [0.15, 0.2) is 5.17 Å². The Morgan fingerprint density at radius 3 is 2.19 bits per heavy atom. The molecular weight excluding hydrogens is 436 g/mol. The molecule has 0 radical (unpaired) electrons. The van der Waals surface area contributed by atoms with E-state index < -0.39 is 6.17 Å². The summed E-state index contributed by atoms with van der Waals surface area (Å²) in [5.74, 6) is 1.10. The molecule has 2 aliphatic heterocycles. The van der Waals surface area contributed by atoms with Gasteiger partial charge in [0.1, 0.15) is 16.9 Å². The maximum atomic E-state index is 11.5. The summed E-state index contributed by atoms with van der Waals surface area (Å²) in [6, 6.07) is 0. The van der Waals surface area contributed by atoms with Crippen LogP contribution in [0.1, 0.15) is 20.3 Å². The number of aromatic nitrogens is 2. The summed E-state index contributed by atoms with van der Waals surface area (Å²) in [7, 11) is 5.12. The number of nitrogens with one attached hydrogen (secondary N) is 2. The fraction of sp³-hybridized carbons (Fsp3) is 0.579. The van der Waals surface area contributed by atoms with E-state index in [9.17, 15) is 9.59 Å². The van der Waals surface area contributed by atoms with Gasteiger partial charge >= 0.3 is 0 Å². The number of anilines is 1. The minimum Gasteiger partial charge on any atom is -0.480 e. The standard InChI is InChI=1S/C19H28N8O4S/c1-11(28)20-13-10-14(21-12(2)29)23-19(22-13)32-15-16(30-4)24-18(25-17(15)31-5)27-8-6-26(3)7-9-27/h13H,6-10H2,1-5H3,(H,20,28)(H,21,22,23,29). The van der Waals surface area contributed by atoms with Crippen LogP contribution in [0.25, 0.3) is 0 Å². The Morgan fingerprint density at radius 2 is 1.66 bits per heavy atom. The Morgan fingerprint density at radius 1 is 1.03 bits per heavy atom. The molecule has 2 N–H and O–H groups in total. The number of amidine groups is 2. The Kier molecular flexibility index (Phi) is 7.85. The summed E-state index contributed by atoms with van der Waals surface area (Å²) in [4.78, 5) is 45.9. The lowest BCUT2D eigenvalue weighted by Crippen LogP contribution is -2.45. The number of hydrogen-bond donors (Lipinski definition) is 2. The van der Waals surface area contributed by atoms with Crippen LogP contribution in [0, 0.1) is 0 Å². The Balaban J connectivity index is 1.91. The van der Waals surface area contributed by atoms with E-state index in [1.54, 1.807) is 0 Å². The van der Waals surface area contributed by atoms with Crippen molar-refractivity contribution < 1.29 is 19.1 Å². The summed E-state index contributed by atoms with van der Waals surface area (Å²) in [5.41, 5.74) is 0. The molecular formula is C19H28N8O4S. The lowest BCUT2D eigenvalue weighted by atomic mass is 10.3. The van der Waals surface area contributed by atoms with Crippen LogP contribution < -0.4 is 25.0 Å². The van der Waals surface area contributed by atoms with Crippen LogP contribution in [0.4, 0.5) is 5.95 Å². The normalized spacial score (nSPS) is 19.0. The number of carbonyl (C=O) groups is 2. The van der Waals surface area contributed by atoms with Crippen LogP contribution in [0.3, 0.4) is 0 Å². The SMILES string of the molecule is COc1nc(N2CCN(C)CC2)nc(OC)c1SC1=NC(NC(C)=O)CC(NC(C)=O)=N1. The smallest absolute Gasteiger partial charge is 0.236 e. The number of aliphatic imine (C=N–C) groups is 2. The summed E-state index contributed by atoms with van der Waals surface area (Å²) < 4.78 is 11.1. The fourth-order valence-electron chi connectivity index (χ4n) is 3.20. The van der Waals surface area contributed by atoms with Gasteiger partial charge in [-0.1, -0.05) is 0 Å². The van der Waals surface area contributed by atoms with Crippen molar-refractivity contribution in [3.63, 3.8) is 0 Å². The monoisotopic (exact) mass is 464 g/mol. The highest BCUT2D eigenvalue weighted by atomic mass is 32.2. The van der Waals surface area contributed by atoms with Gasteiger partial charge in [-0.05, 0) is 18.8 Å². The van der Waals surface area contributed by atoms with Gasteiger partial charge in [0.25, 0.3) is 0 Å². The number of carbonyl (C=O) groups excluding carboxylic acids is 2. The summed E-state index contributed by atoms with van der Waals surface area (Å²) in [6.07, 6.45) is -0.284. The van der Waals surface area contributed by atoms with Crippen LogP contribution in [-0.4, -0.2) is 91.3 Å². The van der Waals surface area contributed by atoms with E-state index >= 15 is 0 Å². The number of amides is 2. The number of likely N-dealkylation sites (N-methyl/N-ethyl adjacent to an activating group) is 1. The molecule has 0 aromatic carbocycles. The highest BCUT2D eigenvalue weighted by molar-refractivity contribution is 8.14. The number of ether oxygens (including phenoxy) is 2. The highest BCUT2D eigenvalue weighted by Crippen LogP contribution is 2.38. The molecule has 0 aliphatic carbocycles. The van der Waals surface area contributed by atoms with Crippen molar-refractivity contribution in [2.45, 2.75) is 31.3 Å².